The van der Waals surface area contributed by atoms with Gasteiger partial charge in [0.25, 0.3) is 0 Å². The average molecular weight is 291 g/mol. The van der Waals surface area contributed by atoms with Gasteiger partial charge in [-0.25, -0.2) is 4.98 Å². The Morgan fingerprint density at radius 3 is 2.63 bits per heavy atom. The van der Waals surface area contributed by atoms with Gasteiger partial charge in [-0.15, -0.1) is 11.8 Å². The number of nitrogens with zero attached hydrogens (tertiary/aromatic N) is 2. The topological polar surface area (TPSA) is 25.8 Å². The SMILES string of the molecule is CCSc1cc(-c2ccc(C3CC3)nc2)cnc1Cl. The van der Waals surface area contributed by atoms with Gasteiger partial charge in [0.1, 0.15) is 5.15 Å². The molecule has 2 heterocycles. The molecule has 0 aliphatic heterocycles. The first-order valence-corrected chi connectivity index (χ1v) is 7.89. The van der Waals surface area contributed by atoms with Gasteiger partial charge in [-0.1, -0.05) is 24.6 Å². The summed E-state index contributed by atoms with van der Waals surface area (Å²) in [5.41, 5.74) is 3.40. The van der Waals surface area contributed by atoms with Crippen LogP contribution in [0, 0.1) is 0 Å². The first-order valence-electron chi connectivity index (χ1n) is 6.52. The molecule has 0 unspecified atom stereocenters. The maximum atomic E-state index is 6.09. The van der Waals surface area contributed by atoms with Crippen LogP contribution in [0.25, 0.3) is 11.1 Å². The smallest absolute Gasteiger partial charge is 0.142 e. The van der Waals surface area contributed by atoms with Crippen molar-refractivity contribution in [1.82, 2.24) is 9.97 Å². The number of hydrogen-bond acceptors (Lipinski definition) is 3. The van der Waals surface area contributed by atoms with Crippen molar-refractivity contribution in [2.45, 2.75) is 30.6 Å². The Kier molecular flexibility index (Phi) is 3.76. The van der Waals surface area contributed by atoms with Gasteiger partial charge in [0.2, 0.25) is 0 Å². The summed E-state index contributed by atoms with van der Waals surface area (Å²) in [4.78, 5) is 9.84. The van der Waals surface area contributed by atoms with E-state index in [0.29, 0.717) is 11.1 Å². The van der Waals surface area contributed by atoms with Crippen molar-refractivity contribution in [2.75, 3.05) is 5.75 Å². The fourth-order valence-electron chi connectivity index (χ4n) is 2.04. The minimum atomic E-state index is 0.582. The molecule has 3 rings (SSSR count). The Balaban J connectivity index is 1.89. The molecule has 2 aromatic rings. The van der Waals surface area contributed by atoms with Crippen LogP contribution in [0.15, 0.2) is 35.5 Å². The molecule has 0 bridgehead atoms. The maximum absolute atomic E-state index is 6.09. The highest BCUT2D eigenvalue weighted by Gasteiger charge is 2.24. The molecule has 0 atom stereocenters. The van der Waals surface area contributed by atoms with Crippen LogP contribution in [0.2, 0.25) is 5.15 Å². The fraction of sp³-hybridized carbons (Fsp3) is 0.333. The maximum Gasteiger partial charge on any atom is 0.142 e. The number of hydrogen-bond donors (Lipinski definition) is 0. The van der Waals surface area contributed by atoms with Crippen LogP contribution in [-0.4, -0.2) is 15.7 Å². The van der Waals surface area contributed by atoms with Gasteiger partial charge in [0, 0.05) is 40.0 Å². The Morgan fingerprint density at radius 1 is 1.21 bits per heavy atom. The van der Waals surface area contributed by atoms with Gasteiger partial charge in [-0.2, -0.15) is 0 Å². The average Bonchev–Trinajstić information content (AvgIpc) is 3.26. The highest BCUT2D eigenvalue weighted by molar-refractivity contribution is 7.99. The summed E-state index contributed by atoms with van der Waals surface area (Å²) in [6.45, 7) is 2.11. The molecule has 0 amide bonds. The Bertz CT molecular complexity index is 579. The van der Waals surface area contributed by atoms with E-state index in [2.05, 4.69) is 35.1 Å². The van der Waals surface area contributed by atoms with Crippen LogP contribution >= 0.6 is 23.4 Å². The lowest BCUT2D eigenvalue weighted by Crippen LogP contribution is -1.89. The number of rotatable bonds is 4. The molecule has 0 spiro atoms. The van der Waals surface area contributed by atoms with E-state index in [1.165, 1.54) is 18.5 Å². The van der Waals surface area contributed by atoms with Crippen molar-refractivity contribution in [3.8, 4) is 11.1 Å². The number of pyridine rings is 2. The van der Waals surface area contributed by atoms with Gasteiger partial charge < -0.3 is 0 Å². The van der Waals surface area contributed by atoms with Crippen LogP contribution in [0.4, 0.5) is 0 Å². The molecule has 0 aromatic carbocycles. The first-order chi connectivity index (χ1) is 9.28. The van der Waals surface area contributed by atoms with Crippen molar-refractivity contribution < 1.29 is 0 Å². The molecule has 98 valence electrons. The van der Waals surface area contributed by atoms with Crippen molar-refractivity contribution in [2.24, 2.45) is 0 Å². The van der Waals surface area contributed by atoms with Crippen molar-refractivity contribution in [3.05, 3.63) is 41.4 Å². The molecule has 1 saturated carbocycles. The summed E-state index contributed by atoms with van der Waals surface area (Å²) in [6, 6.07) is 6.36. The summed E-state index contributed by atoms with van der Waals surface area (Å²) in [7, 11) is 0. The predicted molar refractivity (Wildman–Crippen MR) is 80.9 cm³/mol. The lowest BCUT2D eigenvalue weighted by atomic mass is 10.1. The normalized spacial score (nSPS) is 14.6. The largest absolute Gasteiger partial charge is 0.260 e. The Labute approximate surface area is 122 Å². The van der Waals surface area contributed by atoms with E-state index in [1.807, 2.05) is 12.4 Å². The predicted octanol–water partition coefficient (Wildman–Crippen LogP) is 4.79. The van der Waals surface area contributed by atoms with E-state index < -0.39 is 0 Å². The molecule has 1 aliphatic carbocycles. The lowest BCUT2D eigenvalue weighted by molar-refractivity contribution is 1.02. The number of aromatic nitrogens is 2. The Morgan fingerprint density at radius 2 is 2.00 bits per heavy atom. The van der Waals surface area contributed by atoms with E-state index >= 15 is 0 Å². The highest BCUT2D eigenvalue weighted by atomic mass is 35.5. The zero-order chi connectivity index (χ0) is 13.2. The van der Waals surface area contributed by atoms with Crippen LogP contribution in [-0.2, 0) is 0 Å². The zero-order valence-corrected chi connectivity index (χ0v) is 12.3. The molecule has 1 fully saturated rings. The van der Waals surface area contributed by atoms with Crippen LogP contribution < -0.4 is 0 Å². The van der Waals surface area contributed by atoms with Crippen LogP contribution in [0.3, 0.4) is 0 Å². The highest BCUT2D eigenvalue weighted by Crippen LogP contribution is 2.39. The quantitative estimate of drug-likeness (QED) is 0.598. The van der Waals surface area contributed by atoms with Crippen molar-refractivity contribution >= 4 is 23.4 Å². The summed E-state index contributed by atoms with van der Waals surface area (Å²) >= 11 is 7.80. The van der Waals surface area contributed by atoms with Crippen LogP contribution in [0.1, 0.15) is 31.4 Å². The van der Waals surface area contributed by atoms with E-state index in [4.69, 9.17) is 11.6 Å². The number of halogens is 1. The standard InChI is InChI=1S/C15H15ClN2S/c1-2-19-14-7-12(9-18-15(14)16)11-5-6-13(17-8-11)10-3-4-10/h5-10H,2-4H2,1H3. The minimum absolute atomic E-state index is 0.582. The van der Waals surface area contributed by atoms with Gasteiger partial charge in [-0.05, 0) is 30.7 Å². The zero-order valence-electron chi connectivity index (χ0n) is 10.8. The molecule has 0 N–H and O–H groups in total. The molecule has 4 heteroatoms. The van der Waals surface area contributed by atoms with E-state index in [1.54, 1.807) is 11.8 Å². The minimum Gasteiger partial charge on any atom is -0.260 e. The Hall–Kier alpha value is -1.06. The van der Waals surface area contributed by atoms with Crippen molar-refractivity contribution in [3.63, 3.8) is 0 Å². The molecular formula is C15H15ClN2S. The number of thioether (sulfide) groups is 1. The second-order valence-corrected chi connectivity index (χ2v) is 6.36. The lowest BCUT2D eigenvalue weighted by Gasteiger charge is -2.06. The summed E-state index contributed by atoms with van der Waals surface area (Å²) in [5, 5.41) is 0.582. The molecule has 1 aliphatic rings. The van der Waals surface area contributed by atoms with E-state index in [0.717, 1.165) is 21.8 Å². The van der Waals surface area contributed by atoms with E-state index in [9.17, 15) is 0 Å². The third-order valence-electron chi connectivity index (χ3n) is 3.22. The first kappa shape index (κ1) is 12.9. The van der Waals surface area contributed by atoms with Gasteiger partial charge in [0.05, 0.1) is 0 Å². The molecule has 2 aromatic heterocycles. The monoisotopic (exact) mass is 290 g/mol. The van der Waals surface area contributed by atoms with Gasteiger partial charge in [-0.3, -0.25) is 4.98 Å². The molecular weight excluding hydrogens is 276 g/mol. The van der Waals surface area contributed by atoms with Crippen LogP contribution in [0.5, 0.6) is 0 Å². The summed E-state index contributed by atoms with van der Waals surface area (Å²) in [5.74, 6) is 1.69. The summed E-state index contributed by atoms with van der Waals surface area (Å²) < 4.78 is 0. The molecule has 19 heavy (non-hydrogen) atoms. The van der Waals surface area contributed by atoms with Gasteiger partial charge >= 0.3 is 0 Å². The van der Waals surface area contributed by atoms with Crippen molar-refractivity contribution in [1.29, 1.82) is 0 Å². The molecule has 2 nitrogen and oxygen atoms in total. The summed E-state index contributed by atoms with van der Waals surface area (Å²) in [6.07, 6.45) is 6.33. The molecule has 0 radical (unpaired) electrons. The van der Waals surface area contributed by atoms with Gasteiger partial charge in [0.15, 0.2) is 0 Å². The second kappa shape index (κ2) is 5.51. The third kappa shape index (κ3) is 2.93. The third-order valence-corrected chi connectivity index (χ3v) is 4.55. The van der Waals surface area contributed by atoms with E-state index in [-0.39, 0.29) is 0 Å². The second-order valence-electron chi connectivity index (χ2n) is 4.69. The molecule has 0 saturated heterocycles. The fourth-order valence-corrected chi connectivity index (χ4v) is 3.00.